The highest BCUT2D eigenvalue weighted by Gasteiger charge is 2.42. The van der Waals surface area contributed by atoms with Gasteiger partial charge in [0.1, 0.15) is 5.58 Å². The summed E-state index contributed by atoms with van der Waals surface area (Å²) in [6, 6.07) is 5.71. The number of aryl methyl sites for hydroxylation is 1. The molecule has 2 heterocycles. The molecule has 4 rings (SSSR count). The summed E-state index contributed by atoms with van der Waals surface area (Å²) in [6.45, 7) is 1.31. The van der Waals surface area contributed by atoms with Crippen LogP contribution in [-0.2, 0) is 19.4 Å². The van der Waals surface area contributed by atoms with Crippen molar-refractivity contribution < 1.29 is 27.2 Å². The van der Waals surface area contributed by atoms with Crippen LogP contribution < -0.4 is 5.43 Å². The normalized spacial score (nSPS) is 20.5. The van der Waals surface area contributed by atoms with Crippen LogP contribution in [0.1, 0.15) is 35.4 Å². The Morgan fingerprint density at radius 3 is 2.59 bits per heavy atom. The van der Waals surface area contributed by atoms with Crippen LogP contribution in [0, 0.1) is 6.92 Å². The van der Waals surface area contributed by atoms with Crippen LogP contribution in [-0.4, -0.2) is 55.4 Å². The predicted octanol–water partition coefficient (Wildman–Crippen LogP) is 1.44. The van der Waals surface area contributed by atoms with Crippen LogP contribution in [0.15, 0.2) is 33.5 Å². The smallest absolute Gasteiger partial charge is 0.374 e. The lowest BCUT2D eigenvalue weighted by Crippen LogP contribution is -2.44. The molecule has 1 atom stereocenters. The van der Waals surface area contributed by atoms with Crippen molar-refractivity contribution in [3.8, 4) is 0 Å². The molecular formula is C20H21NO7S. The number of rotatable bonds is 5. The number of benzene rings is 1. The van der Waals surface area contributed by atoms with Crippen molar-refractivity contribution in [1.29, 1.82) is 0 Å². The number of amides is 1. The molecule has 29 heavy (non-hydrogen) atoms. The van der Waals surface area contributed by atoms with E-state index in [1.54, 1.807) is 23.1 Å². The first kappa shape index (κ1) is 19.6. The Kier molecular flexibility index (Phi) is 4.94. The third-order valence-electron chi connectivity index (χ3n) is 5.24. The number of sulfone groups is 1. The zero-order chi connectivity index (χ0) is 20.8. The van der Waals surface area contributed by atoms with Gasteiger partial charge in [0.05, 0.1) is 16.9 Å². The van der Waals surface area contributed by atoms with E-state index in [0.717, 1.165) is 24.5 Å². The fourth-order valence-electron chi connectivity index (χ4n) is 3.70. The molecule has 1 amide bonds. The van der Waals surface area contributed by atoms with Gasteiger partial charge in [-0.25, -0.2) is 13.2 Å². The molecule has 1 saturated heterocycles. The minimum Gasteiger partial charge on any atom is -0.450 e. The van der Waals surface area contributed by atoms with E-state index in [-0.39, 0.29) is 40.4 Å². The monoisotopic (exact) mass is 419 g/mol. The minimum atomic E-state index is -3.13. The van der Waals surface area contributed by atoms with Crippen LogP contribution in [0.2, 0.25) is 0 Å². The first-order valence-electron chi connectivity index (χ1n) is 9.47. The van der Waals surface area contributed by atoms with Crippen molar-refractivity contribution >= 4 is 32.7 Å². The van der Waals surface area contributed by atoms with Crippen LogP contribution in [0.3, 0.4) is 0 Å². The maximum Gasteiger partial charge on any atom is 0.374 e. The third-order valence-corrected chi connectivity index (χ3v) is 6.99. The number of esters is 1. The first-order valence-corrected chi connectivity index (χ1v) is 11.3. The predicted molar refractivity (Wildman–Crippen MR) is 104 cm³/mol. The van der Waals surface area contributed by atoms with E-state index in [1.165, 1.54) is 0 Å². The van der Waals surface area contributed by atoms with Gasteiger partial charge < -0.3 is 14.1 Å². The summed E-state index contributed by atoms with van der Waals surface area (Å²) < 4.78 is 34.0. The maximum atomic E-state index is 12.6. The molecule has 1 saturated carbocycles. The summed E-state index contributed by atoms with van der Waals surface area (Å²) in [5, 5.41) is 0.361. The van der Waals surface area contributed by atoms with Crippen molar-refractivity contribution in [3.05, 3.63) is 45.8 Å². The number of carbonyl (C=O) groups is 2. The van der Waals surface area contributed by atoms with Crippen LogP contribution in [0.25, 0.3) is 11.0 Å². The molecule has 2 aromatic rings. The zero-order valence-corrected chi connectivity index (χ0v) is 16.7. The second-order valence-electron chi connectivity index (χ2n) is 7.64. The number of carbonyl (C=O) groups excluding carboxylic acids is 2. The average Bonchev–Trinajstić information content (AvgIpc) is 3.43. The molecule has 0 bridgehead atoms. The van der Waals surface area contributed by atoms with E-state index < -0.39 is 28.3 Å². The standard InChI is InChI=1S/C20H21NO7S/c1-12-2-5-17-15(8-12)16(22)9-18(28-17)20(24)27-10-19(23)21(13-3-4-13)14-6-7-29(25,26)11-14/h2,5,8-9,13-14H,3-4,6-7,10-11H2,1H3/t14-/m1/s1. The van der Waals surface area contributed by atoms with Crippen molar-refractivity contribution in [3.63, 3.8) is 0 Å². The fourth-order valence-corrected chi connectivity index (χ4v) is 5.41. The number of ether oxygens (including phenoxy) is 1. The van der Waals surface area contributed by atoms with E-state index in [2.05, 4.69) is 0 Å². The molecule has 1 aromatic carbocycles. The minimum absolute atomic E-state index is 0.00124. The molecule has 8 nitrogen and oxygen atoms in total. The van der Waals surface area contributed by atoms with Gasteiger partial charge in [-0.15, -0.1) is 0 Å². The lowest BCUT2D eigenvalue weighted by Gasteiger charge is -2.28. The molecule has 0 N–H and O–H groups in total. The van der Waals surface area contributed by atoms with Gasteiger partial charge in [-0.05, 0) is 38.3 Å². The number of hydrogen-bond donors (Lipinski definition) is 0. The van der Waals surface area contributed by atoms with E-state index in [1.807, 2.05) is 6.92 Å². The van der Waals surface area contributed by atoms with Crippen LogP contribution in [0.5, 0.6) is 0 Å². The topological polar surface area (TPSA) is 111 Å². The van der Waals surface area contributed by atoms with Crippen LogP contribution in [0.4, 0.5) is 0 Å². The van der Waals surface area contributed by atoms with Gasteiger partial charge in [0, 0.05) is 18.2 Å². The summed E-state index contributed by atoms with van der Waals surface area (Å²) in [4.78, 5) is 38.7. The average molecular weight is 419 g/mol. The van der Waals surface area contributed by atoms with E-state index >= 15 is 0 Å². The molecule has 1 aromatic heterocycles. The van der Waals surface area contributed by atoms with Gasteiger partial charge in [0.2, 0.25) is 5.76 Å². The van der Waals surface area contributed by atoms with E-state index in [0.29, 0.717) is 11.8 Å². The van der Waals surface area contributed by atoms with Gasteiger partial charge in [-0.2, -0.15) is 0 Å². The van der Waals surface area contributed by atoms with Crippen molar-refractivity contribution in [1.82, 2.24) is 4.90 Å². The zero-order valence-electron chi connectivity index (χ0n) is 15.9. The van der Waals surface area contributed by atoms with Gasteiger partial charge in [-0.1, -0.05) is 11.6 Å². The summed E-state index contributed by atoms with van der Waals surface area (Å²) >= 11 is 0. The molecule has 2 fully saturated rings. The van der Waals surface area contributed by atoms with E-state index in [4.69, 9.17) is 9.15 Å². The summed E-state index contributed by atoms with van der Waals surface area (Å²) in [7, 11) is -3.13. The molecule has 0 spiro atoms. The Labute approximate surface area is 167 Å². The van der Waals surface area contributed by atoms with Gasteiger partial charge in [0.15, 0.2) is 21.9 Å². The Hall–Kier alpha value is -2.68. The van der Waals surface area contributed by atoms with Crippen LogP contribution >= 0.6 is 0 Å². The Bertz CT molecular complexity index is 1150. The molecule has 1 aliphatic carbocycles. The lowest BCUT2D eigenvalue weighted by molar-refractivity contribution is -0.137. The molecule has 2 aliphatic rings. The Balaban J connectivity index is 1.46. The SMILES string of the molecule is Cc1ccc2oc(C(=O)OCC(=O)N(C3CC3)[C@@H]3CCS(=O)(=O)C3)cc(=O)c2c1. The molecule has 154 valence electrons. The summed E-state index contributed by atoms with van der Waals surface area (Å²) in [6.07, 6.45) is 2.03. The number of fused-ring (bicyclic) bond motifs is 1. The highest BCUT2D eigenvalue weighted by atomic mass is 32.2. The number of nitrogens with zero attached hydrogens (tertiary/aromatic N) is 1. The van der Waals surface area contributed by atoms with Gasteiger partial charge in [-0.3, -0.25) is 9.59 Å². The quantitative estimate of drug-likeness (QED) is 0.674. The third kappa shape index (κ3) is 4.19. The second kappa shape index (κ2) is 7.29. The Morgan fingerprint density at radius 1 is 1.17 bits per heavy atom. The molecule has 1 aliphatic heterocycles. The first-order chi connectivity index (χ1) is 13.7. The molecule has 0 unspecified atom stereocenters. The summed E-state index contributed by atoms with van der Waals surface area (Å²) in [5.74, 6) is -1.60. The number of hydrogen-bond acceptors (Lipinski definition) is 7. The molecule has 0 radical (unpaired) electrons. The van der Waals surface area contributed by atoms with E-state index in [9.17, 15) is 22.8 Å². The molecule has 9 heteroatoms. The lowest BCUT2D eigenvalue weighted by atomic mass is 10.1. The van der Waals surface area contributed by atoms with Gasteiger partial charge >= 0.3 is 5.97 Å². The Morgan fingerprint density at radius 2 is 1.93 bits per heavy atom. The maximum absolute atomic E-state index is 12.6. The molecular weight excluding hydrogens is 398 g/mol. The highest BCUT2D eigenvalue weighted by molar-refractivity contribution is 7.91. The largest absolute Gasteiger partial charge is 0.450 e. The second-order valence-corrected chi connectivity index (χ2v) is 9.87. The summed E-state index contributed by atoms with van der Waals surface area (Å²) in [5.41, 5.74) is 0.779. The fraction of sp³-hybridized carbons (Fsp3) is 0.450. The van der Waals surface area contributed by atoms with Crippen molar-refractivity contribution in [2.45, 2.75) is 38.3 Å². The van der Waals surface area contributed by atoms with Gasteiger partial charge in [0.25, 0.3) is 5.91 Å². The van der Waals surface area contributed by atoms with Crippen molar-refractivity contribution in [2.75, 3.05) is 18.1 Å². The highest BCUT2D eigenvalue weighted by Crippen LogP contribution is 2.32. The van der Waals surface area contributed by atoms with Crippen molar-refractivity contribution in [2.24, 2.45) is 0 Å².